The number of amides is 1. The maximum absolute atomic E-state index is 13.5. The Morgan fingerprint density at radius 1 is 1.25 bits per heavy atom. The van der Waals surface area contributed by atoms with Crippen molar-refractivity contribution in [1.29, 1.82) is 0 Å². The molecule has 2 aromatic heterocycles. The SMILES string of the molecule is COC(=O)Nc1cc(-c2cnc(OCC(N)CC(C)C)c(C(F)F)c2)ccn1. The number of aromatic nitrogens is 2. The second kappa shape index (κ2) is 9.93. The molecule has 0 saturated heterocycles. The average Bonchev–Trinajstić information content (AvgIpc) is 2.65. The van der Waals surface area contributed by atoms with Crippen LogP contribution in [-0.4, -0.2) is 35.8 Å². The van der Waals surface area contributed by atoms with Crippen molar-refractivity contribution in [2.24, 2.45) is 11.7 Å². The number of alkyl halides is 2. The highest BCUT2D eigenvalue weighted by Crippen LogP contribution is 2.32. The topological polar surface area (TPSA) is 99.4 Å². The van der Waals surface area contributed by atoms with Crippen LogP contribution in [0.25, 0.3) is 11.1 Å². The van der Waals surface area contributed by atoms with Gasteiger partial charge in [-0.25, -0.2) is 23.5 Å². The molecule has 0 aliphatic rings. The third kappa shape index (κ3) is 6.12. The molecule has 7 nitrogen and oxygen atoms in total. The second-order valence-electron chi connectivity index (χ2n) is 6.67. The van der Waals surface area contributed by atoms with E-state index in [9.17, 15) is 13.6 Å². The Bertz CT molecular complexity index is 802. The normalized spacial score (nSPS) is 12.1. The molecule has 0 fully saturated rings. The van der Waals surface area contributed by atoms with Gasteiger partial charge in [-0.1, -0.05) is 13.8 Å². The fourth-order valence-corrected chi connectivity index (χ4v) is 2.60. The largest absolute Gasteiger partial charge is 0.476 e. The van der Waals surface area contributed by atoms with Crippen LogP contribution in [0.3, 0.4) is 0 Å². The highest BCUT2D eigenvalue weighted by molar-refractivity contribution is 5.84. The molecule has 2 aromatic rings. The van der Waals surface area contributed by atoms with Gasteiger partial charge >= 0.3 is 6.09 Å². The zero-order valence-corrected chi connectivity index (χ0v) is 16.0. The molecular weight excluding hydrogens is 370 g/mol. The van der Waals surface area contributed by atoms with E-state index in [1.54, 1.807) is 6.07 Å². The number of ether oxygens (including phenoxy) is 2. The number of nitrogens with two attached hydrogens (primary N) is 1. The number of halogens is 2. The number of nitrogens with one attached hydrogen (secondary N) is 1. The molecule has 9 heteroatoms. The van der Waals surface area contributed by atoms with Crippen LogP contribution in [0.15, 0.2) is 30.6 Å². The minimum Gasteiger partial charge on any atom is -0.476 e. The van der Waals surface area contributed by atoms with Gasteiger partial charge in [-0.15, -0.1) is 0 Å². The Balaban J connectivity index is 2.22. The summed E-state index contributed by atoms with van der Waals surface area (Å²) >= 11 is 0. The van der Waals surface area contributed by atoms with Crippen LogP contribution in [0.4, 0.5) is 19.4 Å². The van der Waals surface area contributed by atoms with Gasteiger partial charge < -0.3 is 15.2 Å². The summed E-state index contributed by atoms with van der Waals surface area (Å²) in [7, 11) is 1.23. The van der Waals surface area contributed by atoms with Gasteiger partial charge in [0.1, 0.15) is 12.4 Å². The van der Waals surface area contributed by atoms with Gasteiger partial charge in [0.15, 0.2) is 0 Å². The summed E-state index contributed by atoms with van der Waals surface area (Å²) in [5.41, 5.74) is 6.61. The minimum atomic E-state index is -2.77. The molecule has 1 unspecified atom stereocenters. The maximum atomic E-state index is 13.5. The van der Waals surface area contributed by atoms with Crippen molar-refractivity contribution >= 4 is 11.9 Å². The summed E-state index contributed by atoms with van der Waals surface area (Å²) in [5.74, 6) is 0.464. The first-order chi connectivity index (χ1) is 13.3. The van der Waals surface area contributed by atoms with E-state index in [0.29, 0.717) is 17.0 Å². The van der Waals surface area contributed by atoms with Gasteiger partial charge in [0.25, 0.3) is 6.43 Å². The van der Waals surface area contributed by atoms with Gasteiger partial charge in [-0.3, -0.25) is 5.32 Å². The van der Waals surface area contributed by atoms with Gasteiger partial charge in [0.2, 0.25) is 5.88 Å². The second-order valence-corrected chi connectivity index (χ2v) is 6.67. The van der Waals surface area contributed by atoms with Crippen molar-refractivity contribution in [3.05, 3.63) is 36.2 Å². The number of hydrogen-bond donors (Lipinski definition) is 2. The lowest BCUT2D eigenvalue weighted by molar-refractivity contribution is 0.142. The van der Waals surface area contributed by atoms with Gasteiger partial charge in [0, 0.05) is 24.0 Å². The molecule has 0 aliphatic carbocycles. The van der Waals surface area contributed by atoms with E-state index < -0.39 is 12.5 Å². The molecule has 0 aliphatic heterocycles. The summed E-state index contributed by atoms with van der Waals surface area (Å²) in [6.45, 7) is 4.15. The number of hydrogen-bond acceptors (Lipinski definition) is 6. The molecular formula is C19H24F2N4O3. The molecule has 0 spiro atoms. The van der Waals surface area contributed by atoms with Crippen LogP contribution in [0, 0.1) is 5.92 Å². The summed E-state index contributed by atoms with van der Waals surface area (Å²) in [6.07, 6.45) is 0.135. The first-order valence-corrected chi connectivity index (χ1v) is 8.78. The standard InChI is InChI=1S/C19H24F2N4O3/c1-11(2)6-14(22)10-28-18-15(17(20)21)7-13(9-24-18)12-4-5-23-16(8-12)25-19(26)27-3/h4-5,7-9,11,14,17H,6,10,22H2,1-3H3,(H,23,25,26). The molecule has 152 valence electrons. The van der Waals surface area contributed by atoms with Gasteiger partial charge in [-0.2, -0.15) is 0 Å². The summed E-state index contributed by atoms with van der Waals surface area (Å²) in [5, 5.41) is 2.42. The first kappa shape index (κ1) is 21.5. The van der Waals surface area contributed by atoms with Crippen LogP contribution in [-0.2, 0) is 4.74 Å². The van der Waals surface area contributed by atoms with E-state index in [2.05, 4.69) is 20.0 Å². The zero-order chi connectivity index (χ0) is 20.7. The Kier molecular flexibility index (Phi) is 7.62. The van der Waals surface area contributed by atoms with E-state index in [-0.39, 0.29) is 29.9 Å². The highest BCUT2D eigenvalue weighted by atomic mass is 19.3. The molecule has 3 N–H and O–H groups in total. The average molecular weight is 394 g/mol. The molecule has 1 amide bonds. The maximum Gasteiger partial charge on any atom is 0.412 e. The smallest absolute Gasteiger partial charge is 0.412 e. The molecule has 28 heavy (non-hydrogen) atoms. The molecule has 0 aromatic carbocycles. The van der Waals surface area contributed by atoms with E-state index in [1.165, 1.54) is 31.6 Å². The Morgan fingerprint density at radius 2 is 2.00 bits per heavy atom. The van der Waals surface area contributed by atoms with Crippen molar-refractivity contribution < 1.29 is 23.0 Å². The van der Waals surface area contributed by atoms with E-state index >= 15 is 0 Å². The molecule has 2 heterocycles. The summed E-state index contributed by atoms with van der Waals surface area (Å²) < 4.78 is 37.0. The van der Waals surface area contributed by atoms with Crippen LogP contribution in [0.1, 0.15) is 32.3 Å². The predicted octanol–water partition coefficient (Wildman–Crippen LogP) is 4.01. The molecule has 0 bridgehead atoms. The quantitative estimate of drug-likeness (QED) is 0.702. The zero-order valence-electron chi connectivity index (χ0n) is 16.0. The Morgan fingerprint density at radius 3 is 2.64 bits per heavy atom. The van der Waals surface area contributed by atoms with Gasteiger partial charge in [0.05, 0.1) is 12.7 Å². The molecule has 0 radical (unpaired) electrons. The lowest BCUT2D eigenvalue weighted by Gasteiger charge is -2.16. The molecule has 1 atom stereocenters. The number of carbonyl (C=O) groups is 1. The van der Waals surface area contributed by atoms with E-state index in [1.807, 2.05) is 13.8 Å². The van der Waals surface area contributed by atoms with Gasteiger partial charge in [-0.05, 0) is 36.1 Å². The van der Waals surface area contributed by atoms with Crippen LogP contribution < -0.4 is 15.8 Å². The van der Waals surface area contributed by atoms with Crippen molar-refractivity contribution in [3.8, 4) is 17.0 Å². The van der Waals surface area contributed by atoms with E-state index in [0.717, 1.165) is 6.42 Å². The summed E-state index contributed by atoms with van der Waals surface area (Å²) in [6, 6.07) is 4.19. The fraction of sp³-hybridized carbons (Fsp3) is 0.421. The van der Waals surface area contributed by atoms with Crippen LogP contribution in [0.2, 0.25) is 0 Å². The lowest BCUT2D eigenvalue weighted by atomic mass is 10.1. The number of pyridine rings is 2. The van der Waals surface area contributed by atoms with E-state index in [4.69, 9.17) is 10.5 Å². The number of rotatable bonds is 8. The minimum absolute atomic E-state index is 0.104. The van der Waals surface area contributed by atoms with Crippen LogP contribution >= 0.6 is 0 Å². The number of methoxy groups -OCH3 is 1. The number of carbonyl (C=O) groups excluding carboxylic acids is 1. The number of anilines is 1. The molecule has 2 rings (SSSR count). The summed E-state index contributed by atoms with van der Waals surface area (Å²) in [4.78, 5) is 19.3. The molecule has 0 saturated carbocycles. The monoisotopic (exact) mass is 394 g/mol. The fourth-order valence-electron chi connectivity index (χ4n) is 2.60. The van der Waals surface area contributed by atoms with Crippen molar-refractivity contribution in [2.75, 3.05) is 19.0 Å². The number of nitrogens with zero attached hydrogens (tertiary/aromatic N) is 2. The lowest BCUT2D eigenvalue weighted by Crippen LogP contribution is -2.29. The van der Waals surface area contributed by atoms with Crippen molar-refractivity contribution in [3.63, 3.8) is 0 Å². The van der Waals surface area contributed by atoms with Crippen molar-refractivity contribution in [1.82, 2.24) is 9.97 Å². The third-order valence-corrected chi connectivity index (χ3v) is 3.83. The van der Waals surface area contributed by atoms with Crippen molar-refractivity contribution in [2.45, 2.75) is 32.7 Å². The third-order valence-electron chi connectivity index (χ3n) is 3.83. The Labute approximate surface area is 162 Å². The first-order valence-electron chi connectivity index (χ1n) is 8.78. The Hall–Kier alpha value is -2.81. The predicted molar refractivity (Wildman–Crippen MR) is 101 cm³/mol. The van der Waals surface area contributed by atoms with Crippen LogP contribution in [0.5, 0.6) is 5.88 Å². The highest BCUT2D eigenvalue weighted by Gasteiger charge is 2.18.